The van der Waals surface area contributed by atoms with Crippen LogP contribution in [0.4, 0.5) is 0 Å². The molecule has 2 N–H and O–H groups in total. The molecule has 2 aliphatic rings. The quantitative estimate of drug-likeness (QED) is 0.503. The van der Waals surface area contributed by atoms with Crippen molar-refractivity contribution in [2.24, 2.45) is 5.41 Å². The van der Waals surface area contributed by atoms with Gasteiger partial charge < -0.3 is 15.2 Å². The number of carbonyl (C=O) groups is 2. The van der Waals surface area contributed by atoms with Crippen LogP contribution < -0.4 is 5.32 Å². The summed E-state index contributed by atoms with van der Waals surface area (Å²) in [6, 6.07) is 0. The lowest BCUT2D eigenvalue weighted by molar-refractivity contribution is -0.201. The highest BCUT2D eigenvalue weighted by Gasteiger charge is 2.71. The number of rotatable bonds is 1. The van der Waals surface area contributed by atoms with E-state index in [9.17, 15) is 9.59 Å². The number of hydrogen-bond acceptors (Lipinski definition) is 4. The summed E-state index contributed by atoms with van der Waals surface area (Å²) in [5.41, 5.74) is -1.91. The van der Waals surface area contributed by atoms with E-state index in [4.69, 9.17) is 9.84 Å². The van der Waals surface area contributed by atoms with Crippen molar-refractivity contribution in [2.45, 2.75) is 25.5 Å². The van der Waals surface area contributed by atoms with Gasteiger partial charge in [0.2, 0.25) is 5.91 Å². The van der Waals surface area contributed by atoms with Gasteiger partial charge in [0.05, 0.1) is 12.0 Å². The third-order valence-corrected chi connectivity index (χ3v) is 2.86. The summed E-state index contributed by atoms with van der Waals surface area (Å²) in [6.45, 7) is 2.99. The average Bonchev–Trinajstić information content (AvgIpc) is 2.22. The van der Waals surface area contributed by atoms with E-state index in [0.29, 0.717) is 0 Å². The van der Waals surface area contributed by atoms with Crippen LogP contribution in [0.25, 0.3) is 0 Å². The van der Waals surface area contributed by atoms with Crippen LogP contribution in [0.3, 0.4) is 0 Å². The largest absolute Gasteiger partial charge is 0.456 e. The van der Waals surface area contributed by atoms with Gasteiger partial charge in [-0.25, -0.2) is 4.79 Å². The Hall–Kier alpha value is -1.10. The van der Waals surface area contributed by atoms with Crippen LogP contribution in [-0.2, 0) is 14.3 Å². The molecule has 2 saturated heterocycles. The Bertz CT molecular complexity index is 299. The van der Waals surface area contributed by atoms with E-state index < -0.39 is 29.6 Å². The lowest BCUT2D eigenvalue weighted by atomic mass is 9.76. The zero-order chi connectivity index (χ0) is 9.85. The SMILES string of the molecule is CC1(C)C(=O)N[C@]2(CO)C(=O)O[C@@H]12. The van der Waals surface area contributed by atoms with Crippen LogP contribution in [0.5, 0.6) is 0 Å². The van der Waals surface area contributed by atoms with Gasteiger partial charge in [-0.2, -0.15) is 0 Å². The van der Waals surface area contributed by atoms with E-state index in [-0.39, 0.29) is 5.91 Å². The molecule has 0 radical (unpaired) electrons. The second-order valence-electron chi connectivity index (χ2n) is 4.09. The maximum absolute atomic E-state index is 11.4. The third-order valence-electron chi connectivity index (χ3n) is 2.86. The average molecular weight is 185 g/mol. The molecule has 0 aromatic heterocycles. The fourth-order valence-electron chi connectivity index (χ4n) is 1.91. The second-order valence-corrected chi connectivity index (χ2v) is 4.09. The van der Waals surface area contributed by atoms with Crippen molar-refractivity contribution in [3.63, 3.8) is 0 Å². The summed E-state index contributed by atoms with van der Waals surface area (Å²) >= 11 is 0. The van der Waals surface area contributed by atoms with Crippen LogP contribution in [0.1, 0.15) is 13.8 Å². The number of ether oxygens (including phenoxy) is 1. The molecule has 5 heteroatoms. The number of esters is 1. The first-order valence-corrected chi connectivity index (χ1v) is 4.10. The van der Waals surface area contributed by atoms with E-state index >= 15 is 0 Å². The first kappa shape index (κ1) is 8.50. The van der Waals surface area contributed by atoms with E-state index in [0.717, 1.165) is 0 Å². The van der Waals surface area contributed by atoms with Crippen molar-refractivity contribution in [1.29, 1.82) is 0 Å². The van der Waals surface area contributed by atoms with Crippen LogP contribution in [0.15, 0.2) is 0 Å². The molecular weight excluding hydrogens is 174 g/mol. The molecule has 0 bridgehead atoms. The predicted octanol–water partition coefficient (Wildman–Crippen LogP) is -1.20. The fourth-order valence-corrected chi connectivity index (χ4v) is 1.91. The molecule has 0 aliphatic carbocycles. The predicted molar refractivity (Wildman–Crippen MR) is 41.6 cm³/mol. The second kappa shape index (κ2) is 2.04. The summed E-state index contributed by atoms with van der Waals surface area (Å²) in [4.78, 5) is 22.5. The highest BCUT2D eigenvalue weighted by Crippen LogP contribution is 2.45. The van der Waals surface area contributed by atoms with Gasteiger partial charge in [-0.1, -0.05) is 0 Å². The van der Waals surface area contributed by atoms with Crippen LogP contribution in [0, 0.1) is 5.41 Å². The third kappa shape index (κ3) is 0.709. The summed E-state index contributed by atoms with van der Waals surface area (Å²) in [5.74, 6) is -0.795. The minimum Gasteiger partial charge on any atom is -0.456 e. The highest BCUT2D eigenvalue weighted by molar-refractivity contribution is 6.01. The maximum atomic E-state index is 11.4. The molecule has 72 valence electrons. The lowest BCUT2D eigenvalue weighted by Gasteiger charge is -2.43. The molecule has 5 nitrogen and oxygen atoms in total. The molecule has 2 atom stereocenters. The number of aliphatic hydroxyl groups excluding tert-OH is 1. The molecule has 0 saturated carbocycles. The van der Waals surface area contributed by atoms with Crippen molar-refractivity contribution in [3.8, 4) is 0 Å². The molecule has 1 amide bonds. The van der Waals surface area contributed by atoms with Gasteiger partial charge >= 0.3 is 5.97 Å². The molecule has 13 heavy (non-hydrogen) atoms. The number of nitrogens with one attached hydrogen (secondary N) is 1. The Kier molecular flexibility index (Phi) is 1.33. The van der Waals surface area contributed by atoms with Gasteiger partial charge in [-0.15, -0.1) is 0 Å². The van der Waals surface area contributed by atoms with E-state index in [1.165, 1.54) is 0 Å². The van der Waals surface area contributed by atoms with E-state index in [2.05, 4.69) is 5.32 Å². The van der Waals surface area contributed by atoms with Crippen molar-refractivity contribution in [2.75, 3.05) is 6.61 Å². The summed E-state index contributed by atoms with van der Waals surface area (Å²) in [5, 5.41) is 11.5. The summed E-state index contributed by atoms with van der Waals surface area (Å²) in [6.07, 6.45) is -0.537. The first-order valence-electron chi connectivity index (χ1n) is 4.10. The van der Waals surface area contributed by atoms with Crippen molar-refractivity contribution in [1.82, 2.24) is 5.32 Å². The lowest BCUT2D eigenvalue weighted by Crippen LogP contribution is -2.69. The molecule has 2 aliphatic heterocycles. The Morgan fingerprint density at radius 2 is 2.15 bits per heavy atom. The number of fused-ring (bicyclic) bond motifs is 1. The zero-order valence-corrected chi connectivity index (χ0v) is 7.46. The molecule has 2 heterocycles. The van der Waals surface area contributed by atoms with Gasteiger partial charge in [0.1, 0.15) is 0 Å². The zero-order valence-electron chi connectivity index (χ0n) is 7.46. The van der Waals surface area contributed by atoms with Gasteiger partial charge in [0, 0.05) is 0 Å². The molecule has 0 unspecified atom stereocenters. The number of amides is 1. The topological polar surface area (TPSA) is 75.6 Å². The van der Waals surface area contributed by atoms with Crippen molar-refractivity contribution >= 4 is 11.9 Å². The standard InChI is InChI=1S/C8H11NO4/c1-7(2)4-8(3-10,6(12)13-4)9-5(7)11/h4,10H,3H2,1-2H3,(H,9,11)/t4-,8-/m0/s1. The van der Waals surface area contributed by atoms with Gasteiger partial charge in [-0.3, -0.25) is 4.79 Å². The molecule has 0 aromatic rings. The highest BCUT2D eigenvalue weighted by atomic mass is 16.6. The Balaban J connectivity index is 2.40. The molecule has 2 fully saturated rings. The Morgan fingerprint density at radius 1 is 1.54 bits per heavy atom. The van der Waals surface area contributed by atoms with E-state index in [1.807, 2.05) is 0 Å². The van der Waals surface area contributed by atoms with Crippen molar-refractivity contribution in [3.05, 3.63) is 0 Å². The van der Waals surface area contributed by atoms with Crippen LogP contribution in [-0.4, -0.2) is 35.2 Å². The fraction of sp³-hybridized carbons (Fsp3) is 0.750. The number of hydrogen-bond donors (Lipinski definition) is 2. The number of carbonyl (C=O) groups excluding carboxylic acids is 2. The minimum atomic E-state index is -1.17. The van der Waals surface area contributed by atoms with Crippen molar-refractivity contribution < 1.29 is 19.4 Å². The smallest absolute Gasteiger partial charge is 0.338 e. The molecule has 0 aromatic carbocycles. The van der Waals surface area contributed by atoms with Crippen LogP contribution in [0.2, 0.25) is 0 Å². The molecular formula is C8H11NO4. The monoisotopic (exact) mass is 185 g/mol. The van der Waals surface area contributed by atoms with Gasteiger partial charge in [0.25, 0.3) is 0 Å². The van der Waals surface area contributed by atoms with Gasteiger partial charge in [0.15, 0.2) is 11.6 Å². The van der Waals surface area contributed by atoms with Gasteiger partial charge in [-0.05, 0) is 13.8 Å². The molecule has 0 spiro atoms. The Labute approximate surface area is 75.1 Å². The van der Waals surface area contributed by atoms with Crippen LogP contribution >= 0.6 is 0 Å². The minimum absolute atomic E-state index is 0.252. The maximum Gasteiger partial charge on any atom is 0.338 e. The first-order chi connectivity index (χ1) is 5.95. The molecule has 2 rings (SSSR count). The normalized spacial score (nSPS) is 40.4. The van der Waals surface area contributed by atoms with E-state index in [1.54, 1.807) is 13.8 Å². The summed E-state index contributed by atoms with van der Waals surface area (Å²) < 4.78 is 4.86. The summed E-state index contributed by atoms with van der Waals surface area (Å²) in [7, 11) is 0. The number of aliphatic hydroxyl groups is 1. The Morgan fingerprint density at radius 3 is 2.46 bits per heavy atom.